The quantitative estimate of drug-likeness (QED) is 0.258. The number of hydrogen-bond acceptors (Lipinski definition) is 10. The van der Waals surface area contributed by atoms with Crippen molar-refractivity contribution in [3.05, 3.63) is 88.6 Å². The van der Waals surface area contributed by atoms with Crippen LogP contribution in [0.15, 0.2) is 57.5 Å². The Morgan fingerprint density at radius 1 is 1.24 bits per heavy atom. The van der Waals surface area contributed by atoms with Gasteiger partial charge in [0.25, 0.3) is 11.2 Å². The predicted molar refractivity (Wildman–Crippen MR) is 132 cm³/mol. The molecule has 2 aromatic carbocycles. The fourth-order valence-corrected chi connectivity index (χ4v) is 5.12. The van der Waals surface area contributed by atoms with Crippen LogP contribution in [0.5, 0.6) is 17.2 Å². The van der Waals surface area contributed by atoms with Crippen molar-refractivity contribution < 1.29 is 29.0 Å². The Morgan fingerprint density at radius 3 is 2.65 bits per heavy atom. The van der Waals surface area contributed by atoms with Crippen LogP contribution >= 0.6 is 11.3 Å². The van der Waals surface area contributed by atoms with E-state index in [1.807, 2.05) is 0 Å². The molecule has 0 radical (unpaired) electrons. The number of fused-ring (bicyclic) bond motifs is 1. The standard InChI is InChI=1S/C25H23N3O8S/c1-5-36-24(31)20-13(2)26-25-27(21(20)16-12-15(34-3)9-10-18(16)35-4)23(30)19(37-25)11-14-7-6-8-17(22(14)29)28(32)33/h6-12,21,29H,5H2,1-4H3/p-1/b19-11+/t21-/m0/s1. The van der Waals surface area contributed by atoms with Gasteiger partial charge in [0.2, 0.25) is 0 Å². The van der Waals surface area contributed by atoms with Gasteiger partial charge in [-0.05, 0) is 49.4 Å². The molecular weight excluding hydrogens is 502 g/mol. The van der Waals surface area contributed by atoms with Gasteiger partial charge in [0, 0.05) is 11.6 Å². The van der Waals surface area contributed by atoms with E-state index in [0.29, 0.717) is 22.8 Å². The van der Waals surface area contributed by atoms with Gasteiger partial charge in [-0.2, -0.15) is 0 Å². The van der Waals surface area contributed by atoms with Gasteiger partial charge >= 0.3 is 5.97 Å². The first-order valence-corrected chi connectivity index (χ1v) is 11.9. The minimum absolute atomic E-state index is 0.0173. The number of carbonyl (C=O) groups is 1. The molecule has 12 heteroatoms. The number of carbonyl (C=O) groups excluding carboxylic acids is 1. The van der Waals surface area contributed by atoms with Gasteiger partial charge in [0.15, 0.2) is 4.80 Å². The molecule has 4 rings (SSSR count). The molecule has 0 amide bonds. The highest BCUT2D eigenvalue weighted by Gasteiger charge is 2.35. The maximum atomic E-state index is 13.7. The first-order valence-electron chi connectivity index (χ1n) is 11.1. The van der Waals surface area contributed by atoms with E-state index >= 15 is 0 Å². The SMILES string of the molecule is CCOC(=O)C1=C(C)N=c2s/c(=C/c3cccc([N+](=O)[O-])c3[O-])c(=O)n2[C@H]1c1cc(OC)ccc1OC. The smallest absolute Gasteiger partial charge is 0.338 e. The Hall–Kier alpha value is -4.45. The van der Waals surface area contributed by atoms with Crippen molar-refractivity contribution in [3.63, 3.8) is 0 Å². The number of nitro groups is 1. The normalized spacial score (nSPS) is 15.1. The number of hydrogen-bond donors (Lipinski definition) is 0. The van der Waals surface area contributed by atoms with E-state index in [2.05, 4.69) is 4.99 Å². The number of nitro benzene ring substituents is 1. The number of allylic oxidation sites excluding steroid dienone is 1. The van der Waals surface area contributed by atoms with Gasteiger partial charge in [-0.3, -0.25) is 19.5 Å². The van der Waals surface area contributed by atoms with Crippen molar-refractivity contribution in [2.45, 2.75) is 19.9 Å². The summed E-state index contributed by atoms with van der Waals surface area (Å²) >= 11 is 0.994. The molecule has 1 aliphatic heterocycles. The van der Waals surface area contributed by atoms with Crippen molar-refractivity contribution >= 4 is 29.1 Å². The zero-order chi connectivity index (χ0) is 26.9. The summed E-state index contributed by atoms with van der Waals surface area (Å²) in [5, 5.41) is 23.8. The van der Waals surface area contributed by atoms with Crippen LogP contribution in [0.2, 0.25) is 0 Å². The lowest BCUT2D eigenvalue weighted by atomic mass is 9.94. The lowest BCUT2D eigenvalue weighted by molar-refractivity contribution is -0.398. The molecule has 0 saturated heterocycles. The molecule has 3 aromatic rings. The molecule has 1 aromatic heterocycles. The summed E-state index contributed by atoms with van der Waals surface area (Å²) in [6.07, 6.45) is 1.29. The highest BCUT2D eigenvalue weighted by Crippen LogP contribution is 2.38. The van der Waals surface area contributed by atoms with Gasteiger partial charge < -0.3 is 19.3 Å². The molecule has 0 unspecified atom stereocenters. The van der Waals surface area contributed by atoms with E-state index in [1.165, 1.54) is 37.0 Å². The molecule has 192 valence electrons. The predicted octanol–water partition coefficient (Wildman–Crippen LogP) is 1.80. The third-order valence-corrected chi connectivity index (χ3v) is 6.74. The molecule has 1 atom stereocenters. The van der Waals surface area contributed by atoms with Crippen LogP contribution in [0, 0.1) is 10.1 Å². The number of aromatic nitrogens is 1. The average Bonchev–Trinajstić information content (AvgIpc) is 3.18. The Kier molecular flexibility index (Phi) is 7.11. The van der Waals surface area contributed by atoms with E-state index in [0.717, 1.165) is 17.4 Å². The van der Waals surface area contributed by atoms with Gasteiger partial charge in [0.05, 0.1) is 41.6 Å². The second kappa shape index (κ2) is 10.3. The second-order valence-electron chi connectivity index (χ2n) is 7.86. The van der Waals surface area contributed by atoms with Gasteiger partial charge in [0.1, 0.15) is 17.5 Å². The van der Waals surface area contributed by atoms with Crippen LogP contribution < -0.4 is 29.5 Å². The second-order valence-corrected chi connectivity index (χ2v) is 8.87. The zero-order valence-electron chi connectivity index (χ0n) is 20.3. The molecule has 1 aliphatic rings. The van der Waals surface area contributed by atoms with Crippen molar-refractivity contribution in [2.75, 3.05) is 20.8 Å². The minimum Gasteiger partial charge on any atom is -0.867 e. The number of ether oxygens (including phenoxy) is 3. The van der Waals surface area contributed by atoms with Crippen molar-refractivity contribution in [1.29, 1.82) is 0 Å². The van der Waals surface area contributed by atoms with E-state index in [-0.39, 0.29) is 27.1 Å². The summed E-state index contributed by atoms with van der Waals surface area (Å²) in [5.74, 6) is -0.582. The molecule has 0 N–H and O–H groups in total. The molecule has 37 heavy (non-hydrogen) atoms. The van der Waals surface area contributed by atoms with Crippen LogP contribution in [0.1, 0.15) is 31.0 Å². The fraction of sp³-hybridized carbons (Fsp3) is 0.240. The van der Waals surface area contributed by atoms with E-state index in [1.54, 1.807) is 32.0 Å². The lowest BCUT2D eigenvalue weighted by Crippen LogP contribution is -2.40. The monoisotopic (exact) mass is 524 g/mol. The molecule has 0 spiro atoms. The molecular formula is C25H22N3O8S-. The Morgan fingerprint density at radius 2 is 2.00 bits per heavy atom. The summed E-state index contributed by atoms with van der Waals surface area (Å²) in [6, 6.07) is 7.90. The first kappa shape index (κ1) is 25.6. The molecule has 2 heterocycles. The maximum Gasteiger partial charge on any atom is 0.338 e. The van der Waals surface area contributed by atoms with E-state index in [9.17, 15) is 24.8 Å². The molecule has 11 nitrogen and oxygen atoms in total. The number of esters is 1. The third-order valence-electron chi connectivity index (χ3n) is 5.76. The summed E-state index contributed by atoms with van der Waals surface area (Å²) in [5.41, 5.74) is -0.198. The molecule has 0 aliphatic carbocycles. The Balaban J connectivity index is 2.03. The first-order chi connectivity index (χ1) is 17.7. The maximum absolute atomic E-state index is 13.7. The number of rotatable bonds is 7. The van der Waals surface area contributed by atoms with E-state index in [4.69, 9.17) is 14.2 Å². The number of para-hydroxylation sites is 1. The van der Waals surface area contributed by atoms with E-state index < -0.39 is 33.9 Å². The topological polar surface area (TPSA) is 145 Å². The molecule has 0 bridgehead atoms. The van der Waals surface area contributed by atoms with Crippen molar-refractivity contribution in [3.8, 4) is 17.2 Å². The zero-order valence-corrected chi connectivity index (χ0v) is 21.2. The molecule has 0 saturated carbocycles. The van der Waals surface area contributed by atoms with Gasteiger partial charge in [-0.25, -0.2) is 9.79 Å². The summed E-state index contributed by atoms with van der Waals surface area (Å²) in [7, 11) is 2.96. The highest BCUT2D eigenvalue weighted by atomic mass is 32.1. The lowest BCUT2D eigenvalue weighted by Gasteiger charge is -2.26. The van der Waals surface area contributed by atoms with Crippen LogP contribution in [-0.4, -0.2) is 36.3 Å². The number of benzene rings is 2. The third kappa shape index (κ3) is 4.58. The Labute approximate surface area is 214 Å². The van der Waals surface area contributed by atoms with Crippen LogP contribution in [0.4, 0.5) is 5.69 Å². The van der Waals surface area contributed by atoms with Crippen LogP contribution in [0.25, 0.3) is 6.08 Å². The number of thiazole rings is 1. The van der Waals surface area contributed by atoms with Crippen LogP contribution in [0.3, 0.4) is 0 Å². The fourth-order valence-electron chi connectivity index (χ4n) is 4.08. The van der Waals surface area contributed by atoms with Gasteiger partial charge in [-0.1, -0.05) is 23.5 Å². The largest absolute Gasteiger partial charge is 0.867 e. The van der Waals surface area contributed by atoms with Crippen molar-refractivity contribution in [2.24, 2.45) is 4.99 Å². The Bertz CT molecular complexity index is 1620. The van der Waals surface area contributed by atoms with Crippen molar-refractivity contribution in [1.82, 2.24) is 4.57 Å². The summed E-state index contributed by atoms with van der Waals surface area (Å²) < 4.78 is 17.6. The summed E-state index contributed by atoms with van der Waals surface area (Å²) in [4.78, 5) is 42.0. The summed E-state index contributed by atoms with van der Waals surface area (Å²) in [6.45, 7) is 3.42. The number of methoxy groups -OCH3 is 2. The highest BCUT2D eigenvalue weighted by molar-refractivity contribution is 7.07. The number of nitrogens with zero attached hydrogens (tertiary/aromatic N) is 3. The minimum atomic E-state index is -0.973. The molecule has 0 fully saturated rings. The van der Waals surface area contributed by atoms with Gasteiger partial charge in [-0.15, -0.1) is 0 Å². The van der Waals surface area contributed by atoms with Crippen LogP contribution in [-0.2, 0) is 9.53 Å². The average molecular weight is 525 g/mol.